The predicted octanol–water partition coefficient (Wildman–Crippen LogP) is 3.50. The van der Waals surface area contributed by atoms with Crippen molar-refractivity contribution >= 4 is 29.9 Å². The first-order valence-corrected chi connectivity index (χ1v) is 11.6. The number of furan rings is 1. The van der Waals surface area contributed by atoms with Crippen LogP contribution < -0.4 is 10.6 Å². The third-order valence-corrected chi connectivity index (χ3v) is 6.07. The average molecular weight is 541 g/mol. The Bertz CT molecular complexity index is 799. The monoisotopic (exact) mass is 541 g/mol. The molecule has 1 atom stereocenters. The molecule has 0 aliphatic carbocycles. The number of guanidine groups is 1. The van der Waals surface area contributed by atoms with Crippen molar-refractivity contribution in [3.8, 4) is 0 Å². The van der Waals surface area contributed by atoms with Gasteiger partial charge < -0.3 is 19.6 Å². The number of hydrogen-bond donors (Lipinski definition) is 2. The van der Waals surface area contributed by atoms with Crippen molar-refractivity contribution < 1.29 is 4.42 Å². The van der Waals surface area contributed by atoms with Gasteiger partial charge in [-0.1, -0.05) is 12.8 Å². The number of aromatic nitrogens is 3. The smallest absolute Gasteiger partial charge is 0.191 e. The van der Waals surface area contributed by atoms with Gasteiger partial charge in [-0.3, -0.25) is 4.90 Å². The molecule has 2 aromatic rings. The number of hydrogen-bond acceptors (Lipinski definition) is 5. The van der Waals surface area contributed by atoms with Crippen LogP contribution in [0.5, 0.6) is 0 Å². The second-order valence-electron chi connectivity index (χ2n) is 8.20. The van der Waals surface area contributed by atoms with Gasteiger partial charge in [0.25, 0.3) is 0 Å². The van der Waals surface area contributed by atoms with E-state index in [0.717, 1.165) is 62.5 Å². The second-order valence-corrected chi connectivity index (χ2v) is 8.20. The highest BCUT2D eigenvalue weighted by Crippen LogP contribution is 2.24. The molecule has 4 heterocycles. The molecule has 1 saturated heterocycles. The number of rotatable bonds is 7. The zero-order valence-electron chi connectivity index (χ0n) is 18.6. The summed E-state index contributed by atoms with van der Waals surface area (Å²) in [5.41, 5.74) is 0. The fourth-order valence-corrected chi connectivity index (χ4v) is 4.47. The standard InChI is InChI=1S/C22H35N7O.HI/c1-2-23-22(25-17-21-27-26-20-11-5-3-8-14-29(20)21)24-16-18(19-10-9-15-30-19)28-12-6-4-7-13-28;/h9-10,15,18H,2-8,11-14,16-17H2,1H3,(H2,23,24,25);1H. The molecule has 2 aromatic heterocycles. The van der Waals surface area contributed by atoms with E-state index in [2.05, 4.69) is 43.3 Å². The Morgan fingerprint density at radius 2 is 1.90 bits per heavy atom. The number of nitrogens with zero attached hydrogens (tertiary/aromatic N) is 5. The number of aryl methyl sites for hydroxylation is 1. The lowest BCUT2D eigenvalue weighted by molar-refractivity contribution is 0.146. The molecule has 31 heavy (non-hydrogen) atoms. The lowest BCUT2D eigenvalue weighted by Crippen LogP contribution is -2.44. The van der Waals surface area contributed by atoms with Gasteiger partial charge in [0.05, 0.1) is 12.3 Å². The summed E-state index contributed by atoms with van der Waals surface area (Å²) in [6.45, 7) is 7.45. The molecule has 2 aliphatic rings. The Morgan fingerprint density at radius 3 is 2.68 bits per heavy atom. The summed E-state index contributed by atoms with van der Waals surface area (Å²) in [7, 11) is 0. The van der Waals surface area contributed by atoms with E-state index in [1.807, 2.05) is 6.07 Å². The highest BCUT2D eigenvalue weighted by molar-refractivity contribution is 14.0. The van der Waals surface area contributed by atoms with Crippen molar-refractivity contribution in [3.63, 3.8) is 0 Å². The van der Waals surface area contributed by atoms with Crippen LogP contribution in [0.4, 0.5) is 0 Å². The largest absolute Gasteiger partial charge is 0.468 e. The summed E-state index contributed by atoms with van der Waals surface area (Å²) in [4.78, 5) is 7.34. The molecule has 0 aromatic carbocycles. The first-order valence-electron chi connectivity index (χ1n) is 11.6. The van der Waals surface area contributed by atoms with E-state index in [0.29, 0.717) is 6.54 Å². The Morgan fingerprint density at radius 1 is 1.10 bits per heavy atom. The van der Waals surface area contributed by atoms with Gasteiger partial charge in [-0.25, -0.2) is 4.99 Å². The minimum atomic E-state index is 0. The van der Waals surface area contributed by atoms with E-state index in [1.165, 1.54) is 38.5 Å². The quantitative estimate of drug-likeness (QED) is 0.317. The van der Waals surface area contributed by atoms with Crippen LogP contribution in [0.15, 0.2) is 27.8 Å². The maximum atomic E-state index is 5.77. The number of aliphatic imine (C=N–C) groups is 1. The third-order valence-electron chi connectivity index (χ3n) is 6.07. The van der Waals surface area contributed by atoms with Gasteiger partial charge in [0.2, 0.25) is 0 Å². The molecule has 8 nitrogen and oxygen atoms in total. The summed E-state index contributed by atoms with van der Waals surface area (Å²) >= 11 is 0. The molecule has 1 fully saturated rings. The Labute approximate surface area is 202 Å². The maximum Gasteiger partial charge on any atom is 0.191 e. The normalized spacial score (nSPS) is 18.5. The van der Waals surface area contributed by atoms with Crippen LogP contribution in [0.1, 0.15) is 68.9 Å². The molecule has 4 rings (SSSR count). The number of fused-ring (bicyclic) bond motifs is 1. The molecule has 2 N–H and O–H groups in total. The van der Waals surface area contributed by atoms with Gasteiger partial charge in [0, 0.05) is 26.1 Å². The number of piperidine rings is 1. The predicted molar refractivity (Wildman–Crippen MR) is 133 cm³/mol. The minimum absolute atomic E-state index is 0. The maximum absolute atomic E-state index is 5.77. The summed E-state index contributed by atoms with van der Waals surface area (Å²) in [5.74, 6) is 3.90. The van der Waals surface area contributed by atoms with Crippen molar-refractivity contribution in [1.82, 2.24) is 30.3 Å². The van der Waals surface area contributed by atoms with Crippen LogP contribution in [0.3, 0.4) is 0 Å². The summed E-state index contributed by atoms with van der Waals surface area (Å²) in [6.07, 6.45) is 10.3. The van der Waals surface area contributed by atoms with Gasteiger partial charge in [0.1, 0.15) is 18.1 Å². The molecule has 0 amide bonds. The Balaban J connectivity index is 0.00000272. The van der Waals surface area contributed by atoms with Gasteiger partial charge in [0.15, 0.2) is 11.8 Å². The van der Waals surface area contributed by atoms with E-state index < -0.39 is 0 Å². The highest BCUT2D eigenvalue weighted by Gasteiger charge is 2.24. The molecule has 1 unspecified atom stereocenters. The van der Waals surface area contributed by atoms with Crippen molar-refractivity contribution in [1.29, 1.82) is 0 Å². The van der Waals surface area contributed by atoms with Crippen molar-refractivity contribution in [2.24, 2.45) is 4.99 Å². The number of likely N-dealkylation sites (tertiary alicyclic amines) is 1. The van der Waals surface area contributed by atoms with Gasteiger partial charge >= 0.3 is 0 Å². The summed E-state index contributed by atoms with van der Waals surface area (Å²) < 4.78 is 8.03. The summed E-state index contributed by atoms with van der Waals surface area (Å²) in [6, 6.07) is 4.27. The molecule has 2 aliphatic heterocycles. The minimum Gasteiger partial charge on any atom is -0.468 e. The lowest BCUT2D eigenvalue weighted by atomic mass is 10.1. The zero-order chi connectivity index (χ0) is 20.6. The van der Waals surface area contributed by atoms with Crippen LogP contribution >= 0.6 is 24.0 Å². The molecule has 0 radical (unpaired) electrons. The van der Waals surface area contributed by atoms with Gasteiger partial charge in [-0.2, -0.15) is 0 Å². The fraction of sp³-hybridized carbons (Fsp3) is 0.682. The van der Waals surface area contributed by atoms with Crippen LogP contribution in [0.25, 0.3) is 0 Å². The topological polar surface area (TPSA) is 83.5 Å². The molecule has 0 spiro atoms. The fourth-order valence-electron chi connectivity index (χ4n) is 4.47. The molecule has 0 saturated carbocycles. The van der Waals surface area contributed by atoms with Gasteiger partial charge in [-0.15, -0.1) is 34.2 Å². The molecule has 9 heteroatoms. The lowest BCUT2D eigenvalue weighted by Gasteiger charge is -2.33. The third kappa shape index (κ3) is 6.44. The molecule has 172 valence electrons. The van der Waals surface area contributed by atoms with Crippen LogP contribution in [-0.4, -0.2) is 51.8 Å². The van der Waals surface area contributed by atoms with Gasteiger partial charge in [-0.05, 0) is 57.8 Å². The Hall–Kier alpha value is -1.62. The number of nitrogens with one attached hydrogen (secondary N) is 2. The highest BCUT2D eigenvalue weighted by atomic mass is 127. The van der Waals surface area contributed by atoms with Crippen LogP contribution in [-0.2, 0) is 19.5 Å². The zero-order valence-corrected chi connectivity index (χ0v) is 20.9. The van der Waals surface area contributed by atoms with Crippen LogP contribution in [0, 0.1) is 0 Å². The average Bonchev–Trinajstić information content (AvgIpc) is 3.38. The first-order chi connectivity index (χ1) is 14.8. The molecular formula is C22H36IN7O. The van der Waals surface area contributed by atoms with E-state index in [4.69, 9.17) is 9.41 Å². The summed E-state index contributed by atoms with van der Waals surface area (Å²) in [5, 5.41) is 15.7. The van der Waals surface area contributed by atoms with Crippen LogP contribution in [0.2, 0.25) is 0 Å². The van der Waals surface area contributed by atoms with Crippen molar-refractivity contribution in [2.45, 2.75) is 71.0 Å². The first kappa shape index (κ1) is 24.0. The van der Waals surface area contributed by atoms with E-state index >= 15 is 0 Å². The molecular weight excluding hydrogens is 505 g/mol. The Kier molecular flexibility index (Phi) is 9.63. The SMILES string of the molecule is CCNC(=NCc1nnc2n1CCCCC2)NCC(c1ccco1)N1CCCCC1.I. The molecule has 0 bridgehead atoms. The van der Waals surface area contributed by atoms with Crippen molar-refractivity contribution in [2.75, 3.05) is 26.2 Å². The van der Waals surface area contributed by atoms with E-state index in [1.54, 1.807) is 6.26 Å². The second kappa shape index (κ2) is 12.4. The van der Waals surface area contributed by atoms with E-state index in [9.17, 15) is 0 Å². The van der Waals surface area contributed by atoms with Crippen molar-refractivity contribution in [3.05, 3.63) is 35.8 Å². The van der Waals surface area contributed by atoms with E-state index in [-0.39, 0.29) is 30.0 Å². The number of halogens is 1.